The van der Waals surface area contributed by atoms with Crippen LogP contribution < -0.4 is 5.32 Å². The lowest BCUT2D eigenvalue weighted by molar-refractivity contribution is 0.102. The molecular weight excluding hydrogens is 322 g/mol. The summed E-state index contributed by atoms with van der Waals surface area (Å²) in [6.45, 7) is 1.56. The largest absolute Gasteiger partial charge is 0.396 e. The van der Waals surface area contributed by atoms with Crippen molar-refractivity contribution in [3.05, 3.63) is 58.8 Å². The maximum Gasteiger partial charge on any atom is 0.259 e. The summed E-state index contributed by atoms with van der Waals surface area (Å²) >= 11 is 1.54. The highest BCUT2D eigenvalue weighted by atomic mass is 32.2. The van der Waals surface area contributed by atoms with E-state index in [4.69, 9.17) is 5.11 Å². The Morgan fingerprint density at radius 2 is 2.09 bits per heavy atom. The number of carbonyl (C=O) groups is 1. The Kier molecular flexibility index (Phi) is 6.06. The van der Waals surface area contributed by atoms with Gasteiger partial charge in [-0.1, -0.05) is 0 Å². The number of aromatic nitrogens is 1. The molecule has 1 aromatic heterocycles. The molecule has 23 heavy (non-hydrogen) atoms. The summed E-state index contributed by atoms with van der Waals surface area (Å²) in [7, 11) is 0. The maximum atomic E-state index is 13.7. The highest BCUT2D eigenvalue weighted by molar-refractivity contribution is 7.98. The second-order valence-corrected chi connectivity index (χ2v) is 5.97. The van der Waals surface area contributed by atoms with Crippen LogP contribution in [0.1, 0.15) is 21.5 Å². The smallest absolute Gasteiger partial charge is 0.259 e. The van der Waals surface area contributed by atoms with E-state index >= 15 is 0 Å². The van der Waals surface area contributed by atoms with Crippen LogP contribution in [-0.2, 0) is 5.75 Å². The number of aliphatic hydroxyl groups is 1. The van der Waals surface area contributed by atoms with E-state index in [0.717, 1.165) is 5.56 Å². The summed E-state index contributed by atoms with van der Waals surface area (Å²) < 4.78 is 27.0. The Hall–Kier alpha value is -1.99. The molecule has 0 aliphatic carbocycles. The van der Waals surface area contributed by atoms with E-state index in [2.05, 4.69) is 10.3 Å². The van der Waals surface area contributed by atoms with Crippen LogP contribution >= 0.6 is 11.8 Å². The molecule has 0 saturated heterocycles. The molecule has 4 nitrogen and oxygen atoms in total. The van der Waals surface area contributed by atoms with Gasteiger partial charge < -0.3 is 10.4 Å². The molecule has 2 N–H and O–H groups in total. The van der Waals surface area contributed by atoms with Crippen LogP contribution in [0, 0.1) is 18.6 Å². The molecule has 0 spiro atoms. The molecule has 0 aliphatic rings. The minimum absolute atomic E-state index is 0.0997. The molecule has 0 bridgehead atoms. The van der Waals surface area contributed by atoms with E-state index in [1.807, 2.05) is 0 Å². The highest BCUT2D eigenvalue weighted by Crippen LogP contribution is 2.17. The van der Waals surface area contributed by atoms with Crippen LogP contribution in [-0.4, -0.2) is 28.4 Å². The van der Waals surface area contributed by atoms with Gasteiger partial charge in [0.25, 0.3) is 5.91 Å². The van der Waals surface area contributed by atoms with Gasteiger partial charge in [-0.25, -0.2) is 13.8 Å². The van der Waals surface area contributed by atoms with Gasteiger partial charge in [0.2, 0.25) is 0 Å². The van der Waals surface area contributed by atoms with Gasteiger partial charge in [-0.15, -0.1) is 0 Å². The van der Waals surface area contributed by atoms with Crippen LogP contribution in [0.2, 0.25) is 0 Å². The number of aryl methyl sites for hydroxylation is 1. The zero-order valence-corrected chi connectivity index (χ0v) is 13.3. The predicted octanol–water partition coefficient (Wildman–Crippen LogP) is 3.15. The van der Waals surface area contributed by atoms with E-state index < -0.39 is 17.5 Å². The number of hydrogen-bond acceptors (Lipinski definition) is 4. The van der Waals surface area contributed by atoms with Crippen LogP contribution in [0.4, 0.5) is 14.6 Å². The SMILES string of the molecule is Cc1cc(C(=O)Nc2cc(CSCCO)ccn2)c(F)cc1F. The van der Waals surface area contributed by atoms with Crippen molar-refractivity contribution in [2.24, 2.45) is 0 Å². The van der Waals surface area contributed by atoms with Crippen molar-refractivity contribution in [2.45, 2.75) is 12.7 Å². The number of halogens is 2. The summed E-state index contributed by atoms with van der Waals surface area (Å²) in [5.41, 5.74) is 0.883. The summed E-state index contributed by atoms with van der Waals surface area (Å²) in [4.78, 5) is 16.1. The van der Waals surface area contributed by atoms with E-state index in [1.165, 1.54) is 19.2 Å². The first-order valence-electron chi connectivity index (χ1n) is 6.92. The van der Waals surface area contributed by atoms with Gasteiger partial charge in [-0.05, 0) is 36.2 Å². The second-order valence-electron chi connectivity index (χ2n) is 4.86. The number of rotatable bonds is 6. The Morgan fingerprint density at radius 3 is 2.83 bits per heavy atom. The zero-order valence-electron chi connectivity index (χ0n) is 12.5. The number of carbonyl (C=O) groups excluding carboxylic acids is 1. The summed E-state index contributed by atoms with van der Waals surface area (Å²) in [6.07, 6.45) is 1.54. The summed E-state index contributed by atoms with van der Waals surface area (Å²) in [5, 5.41) is 11.3. The molecule has 1 heterocycles. The minimum Gasteiger partial charge on any atom is -0.396 e. The second kappa shape index (κ2) is 8.03. The highest BCUT2D eigenvalue weighted by Gasteiger charge is 2.15. The van der Waals surface area contributed by atoms with Crippen molar-refractivity contribution < 1.29 is 18.7 Å². The van der Waals surface area contributed by atoms with Crippen LogP contribution in [0.3, 0.4) is 0 Å². The third-order valence-corrected chi connectivity index (χ3v) is 4.07. The van der Waals surface area contributed by atoms with Crippen molar-refractivity contribution in [1.82, 2.24) is 4.98 Å². The lowest BCUT2D eigenvalue weighted by Crippen LogP contribution is -2.15. The Bertz CT molecular complexity index is 710. The third-order valence-electron chi connectivity index (χ3n) is 3.06. The van der Waals surface area contributed by atoms with Crippen LogP contribution in [0.25, 0.3) is 0 Å². The molecule has 0 saturated carbocycles. The lowest BCUT2D eigenvalue weighted by Gasteiger charge is -2.08. The molecule has 1 amide bonds. The molecule has 2 aromatic rings. The molecule has 0 atom stereocenters. The van der Waals surface area contributed by atoms with Crippen molar-refractivity contribution >= 4 is 23.5 Å². The van der Waals surface area contributed by atoms with Crippen molar-refractivity contribution in [3.63, 3.8) is 0 Å². The zero-order chi connectivity index (χ0) is 16.8. The van der Waals surface area contributed by atoms with Gasteiger partial charge in [0.15, 0.2) is 0 Å². The predicted molar refractivity (Wildman–Crippen MR) is 86.5 cm³/mol. The van der Waals surface area contributed by atoms with E-state index in [0.29, 0.717) is 23.4 Å². The van der Waals surface area contributed by atoms with Crippen molar-refractivity contribution in [3.8, 4) is 0 Å². The van der Waals surface area contributed by atoms with Gasteiger partial charge >= 0.3 is 0 Å². The van der Waals surface area contributed by atoms with E-state index in [9.17, 15) is 13.6 Å². The average Bonchev–Trinajstić information content (AvgIpc) is 2.51. The number of nitrogens with one attached hydrogen (secondary N) is 1. The molecule has 2 rings (SSSR count). The number of pyridine rings is 1. The van der Waals surface area contributed by atoms with E-state index in [-0.39, 0.29) is 17.7 Å². The normalized spacial score (nSPS) is 10.6. The van der Waals surface area contributed by atoms with Gasteiger partial charge in [-0.2, -0.15) is 11.8 Å². The van der Waals surface area contributed by atoms with Gasteiger partial charge in [0.05, 0.1) is 12.2 Å². The number of hydrogen-bond donors (Lipinski definition) is 2. The molecule has 7 heteroatoms. The number of benzene rings is 1. The quantitative estimate of drug-likeness (QED) is 0.795. The molecule has 0 radical (unpaired) electrons. The summed E-state index contributed by atoms with van der Waals surface area (Å²) in [5.74, 6) is -0.725. The Morgan fingerprint density at radius 1 is 1.30 bits per heavy atom. The van der Waals surface area contributed by atoms with Gasteiger partial charge in [0, 0.05) is 23.8 Å². The first-order valence-corrected chi connectivity index (χ1v) is 8.07. The number of aliphatic hydroxyl groups excluding tert-OH is 1. The fraction of sp³-hybridized carbons (Fsp3) is 0.250. The van der Waals surface area contributed by atoms with Gasteiger partial charge in [0.1, 0.15) is 17.5 Å². The van der Waals surface area contributed by atoms with Crippen molar-refractivity contribution in [1.29, 1.82) is 0 Å². The topological polar surface area (TPSA) is 62.2 Å². The van der Waals surface area contributed by atoms with Crippen LogP contribution in [0.15, 0.2) is 30.5 Å². The summed E-state index contributed by atoms with van der Waals surface area (Å²) in [6, 6.07) is 5.33. The van der Waals surface area contributed by atoms with Crippen molar-refractivity contribution in [2.75, 3.05) is 17.7 Å². The maximum absolute atomic E-state index is 13.7. The molecule has 122 valence electrons. The molecule has 0 unspecified atom stereocenters. The Labute approximate surface area is 136 Å². The molecule has 1 aromatic carbocycles. The fourth-order valence-electron chi connectivity index (χ4n) is 1.90. The number of anilines is 1. The monoisotopic (exact) mass is 338 g/mol. The lowest BCUT2D eigenvalue weighted by atomic mass is 10.1. The Balaban J connectivity index is 2.11. The van der Waals surface area contributed by atoms with Crippen LogP contribution in [0.5, 0.6) is 0 Å². The molecular formula is C16H16F2N2O2S. The average molecular weight is 338 g/mol. The van der Waals surface area contributed by atoms with E-state index in [1.54, 1.807) is 23.9 Å². The molecule has 0 fully saturated rings. The number of amides is 1. The first-order chi connectivity index (χ1) is 11.0. The first kappa shape index (κ1) is 17.4. The number of thioether (sulfide) groups is 1. The standard InChI is InChI=1S/C16H16F2N2O2S/c1-10-6-12(14(18)8-13(10)17)16(22)20-15-7-11(2-3-19-15)9-23-5-4-21/h2-3,6-8,21H,4-5,9H2,1H3,(H,19,20,22). The third kappa shape index (κ3) is 4.74. The minimum atomic E-state index is -0.916. The number of nitrogens with zero attached hydrogens (tertiary/aromatic N) is 1. The molecule has 0 aliphatic heterocycles. The van der Waals surface area contributed by atoms with Gasteiger partial charge in [-0.3, -0.25) is 4.79 Å². The fourth-order valence-corrected chi connectivity index (χ4v) is 2.59.